The molecule has 8 nitrogen and oxygen atoms in total. The lowest BCUT2D eigenvalue weighted by atomic mass is 9.42. The van der Waals surface area contributed by atoms with Gasteiger partial charge in [0.15, 0.2) is 0 Å². The molecule has 1 spiro atoms. The molecule has 1 aliphatic heterocycles. The van der Waals surface area contributed by atoms with E-state index in [0.717, 1.165) is 32.4 Å². The van der Waals surface area contributed by atoms with Gasteiger partial charge >= 0.3 is 0 Å². The summed E-state index contributed by atoms with van der Waals surface area (Å²) in [6, 6.07) is -0.312. The molecule has 6 aliphatic rings. The van der Waals surface area contributed by atoms with Gasteiger partial charge in [-0.25, -0.2) is 0 Å². The maximum absolute atomic E-state index is 12.9. The highest BCUT2D eigenvalue weighted by Crippen LogP contribution is 2.80. The van der Waals surface area contributed by atoms with Crippen LogP contribution in [0.15, 0.2) is 0 Å². The SMILES string of the molecule is CCN1C[C@]2(COC)CC[C@@H](OC)C34C1C(O)([C@@H](OC)[C@@H]32)[C@@]1(O)C[C@H](OC)[C@H]2C[C@@H]4[C@@H]1C2O. The van der Waals surface area contributed by atoms with Crippen molar-refractivity contribution in [3.05, 3.63) is 0 Å². The van der Waals surface area contributed by atoms with Gasteiger partial charge in [-0.1, -0.05) is 6.92 Å². The van der Waals surface area contributed by atoms with Gasteiger partial charge in [0.05, 0.1) is 37.1 Å². The van der Waals surface area contributed by atoms with Crippen LogP contribution in [0.25, 0.3) is 0 Å². The monoisotopic (exact) mass is 467 g/mol. The lowest BCUT2D eigenvalue weighted by Gasteiger charge is -2.70. The van der Waals surface area contributed by atoms with Crippen molar-refractivity contribution in [3.8, 4) is 0 Å². The minimum Gasteiger partial charge on any atom is -0.392 e. The first kappa shape index (κ1) is 23.1. The third-order valence-electron chi connectivity index (χ3n) is 11.5. The normalized spacial score (nSPS) is 60.9. The number of ether oxygens (including phenoxy) is 4. The molecular formula is C25H41NO7. The average Bonchev–Trinajstić information content (AvgIpc) is 3.16. The fourth-order valence-electron chi connectivity index (χ4n) is 11.0. The molecule has 8 heteroatoms. The zero-order chi connectivity index (χ0) is 23.6. The average molecular weight is 468 g/mol. The van der Waals surface area contributed by atoms with Crippen LogP contribution in [0.3, 0.4) is 0 Å². The number of aliphatic hydroxyl groups excluding tert-OH is 1. The van der Waals surface area contributed by atoms with Gasteiger partial charge in [-0.15, -0.1) is 0 Å². The van der Waals surface area contributed by atoms with E-state index in [2.05, 4.69) is 11.8 Å². The van der Waals surface area contributed by atoms with Crippen molar-refractivity contribution in [1.82, 2.24) is 4.90 Å². The number of nitrogens with zero attached hydrogens (tertiary/aromatic N) is 1. The van der Waals surface area contributed by atoms with Crippen molar-refractivity contribution in [2.24, 2.45) is 34.5 Å². The van der Waals surface area contributed by atoms with Gasteiger partial charge in [0.25, 0.3) is 0 Å². The molecule has 5 aliphatic carbocycles. The highest BCUT2D eigenvalue weighted by molar-refractivity contribution is 5.41. The molecule has 1 heterocycles. The van der Waals surface area contributed by atoms with Crippen molar-refractivity contribution < 1.29 is 34.3 Å². The molecule has 33 heavy (non-hydrogen) atoms. The standard InChI is InChI=1S/C25H41NO7/c1-6-26-11-22(12-30-2)8-7-16(32-4)24-14-9-13-15(31-3)10-23(28,17(14)18(13)27)25(29,21(24)26)20(33-5)19(22)24/h13-21,27-29H,6-12H2,1-5H3/t13-,14-,15+,16-,17-,18?,19-,20+,21?,22+,23-,24?,25?/m1/s1. The topological polar surface area (TPSA) is 101 Å². The van der Waals surface area contributed by atoms with Crippen LogP contribution < -0.4 is 0 Å². The Labute approximate surface area is 196 Å². The van der Waals surface area contributed by atoms with Gasteiger partial charge in [-0.3, -0.25) is 4.90 Å². The molecule has 6 fully saturated rings. The summed E-state index contributed by atoms with van der Waals surface area (Å²) in [5, 5.41) is 37.1. The Bertz CT molecular complexity index is 814. The molecule has 0 aromatic rings. The maximum Gasteiger partial charge on any atom is 0.136 e. The molecule has 5 saturated carbocycles. The third kappa shape index (κ3) is 2.20. The van der Waals surface area contributed by atoms with Crippen molar-refractivity contribution in [1.29, 1.82) is 0 Å². The first-order valence-electron chi connectivity index (χ1n) is 12.7. The molecule has 4 unspecified atom stereocenters. The molecule has 13 atom stereocenters. The Hall–Kier alpha value is -0.320. The van der Waals surface area contributed by atoms with Crippen molar-refractivity contribution in [2.45, 2.75) is 74.3 Å². The smallest absolute Gasteiger partial charge is 0.136 e. The summed E-state index contributed by atoms with van der Waals surface area (Å²) < 4.78 is 24.2. The van der Waals surface area contributed by atoms with E-state index in [1.54, 1.807) is 28.4 Å². The minimum atomic E-state index is -1.55. The highest BCUT2D eigenvalue weighted by atomic mass is 16.5. The highest BCUT2D eigenvalue weighted by Gasteiger charge is 2.91. The Morgan fingerprint density at radius 1 is 1.06 bits per heavy atom. The zero-order valence-corrected chi connectivity index (χ0v) is 20.6. The number of likely N-dealkylation sites (tertiary alicyclic amines) is 1. The first-order valence-corrected chi connectivity index (χ1v) is 12.7. The van der Waals surface area contributed by atoms with Crippen LogP contribution in [0.2, 0.25) is 0 Å². The fraction of sp³-hybridized carbons (Fsp3) is 1.00. The van der Waals surface area contributed by atoms with E-state index in [0.29, 0.717) is 13.0 Å². The summed E-state index contributed by atoms with van der Waals surface area (Å²) in [7, 11) is 6.85. The van der Waals surface area contributed by atoms with E-state index in [-0.39, 0.29) is 41.4 Å². The minimum absolute atomic E-state index is 0.00825. The van der Waals surface area contributed by atoms with Crippen molar-refractivity contribution in [3.63, 3.8) is 0 Å². The van der Waals surface area contributed by atoms with Gasteiger partial charge in [-0.05, 0) is 31.7 Å². The van der Waals surface area contributed by atoms with Crippen molar-refractivity contribution >= 4 is 0 Å². The predicted octanol–water partition coefficient (Wildman–Crippen LogP) is 0.271. The van der Waals surface area contributed by atoms with Gasteiger partial charge in [0, 0.05) is 70.0 Å². The number of likely N-dealkylation sites (N-methyl/N-ethyl adjacent to an activating group) is 1. The number of methoxy groups -OCH3 is 4. The molecule has 0 amide bonds. The summed E-state index contributed by atoms with van der Waals surface area (Å²) in [5.41, 5.74) is -3.70. The Morgan fingerprint density at radius 2 is 1.82 bits per heavy atom. The van der Waals surface area contributed by atoms with E-state index in [4.69, 9.17) is 18.9 Å². The zero-order valence-electron chi connectivity index (χ0n) is 20.6. The van der Waals surface area contributed by atoms with Crippen LogP contribution in [-0.2, 0) is 18.9 Å². The predicted molar refractivity (Wildman–Crippen MR) is 119 cm³/mol. The number of piperidine rings is 1. The molecule has 7 bridgehead atoms. The fourth-order valence-corrected chi connectivity index (χ4v) is 11.0. The van der Waals surface area contributed by atoms with Gasteiger partial charge < -0.3 is 34.3 Å². The second-order valence-electron chi connectivity index (χ2n) is 11.9. The van der Waals surface area contributed by atoms with Gasteiger partial charge in [-0.2, -0.15) is 0 Å². The lowest BCUT2D eigenvalue weighted by Crippen LogP contribution is -2.82. The number of hydrogen-bond donors (Lipinski definition) is 3. The van der Waals surface area contributed by atoms with Crippen molar-refractivity contribution in [2.75, 3.05) is 48.1 Å². The molecule has 188 valence electrons. The quantitative estimate of drug-likeness (QED) is 0.512. The van der Waals surface area contributed by atoms with Crippen LogP contribution in [-0.4, -0.2) is 110 Å². The summed E-state index contributed by atoms with van der Waals surface area (Å²) in [4.78, 5) is 2.38. The summed E-state index contributed by atoms with van der Waals surface area (Å²) in [5.74, 6) is -0.492. The van der Waals surface area contributed by atoms with E-state index >= 15 is 0 Å². The van der Waals surface area contributed by atoms with Crippen LogP contribution in [0, 0.1) is 34.5 Å². The van der Waals surface area contributed by atoms with Crippen LogP contribution in [0.1, 0.15) is 32.6 Å². The molecule has 0 radical (unpaired) electrons. The summed E-state index contributed by atoms with van der Waals surface area (Å²) >= 11 is 0. The first-order chi connectivity index (χ1) is 15.8. The molecule has 1 saturated heterocycles. The molecule has 6 rings (SSSR count). The van der Waals surface area contributed by atoms with Gasteiger partial charge in [0.2, 0.25) is 0 Å². The van der Waals surface area contributed by atoms with E-state index in [1.807, 2.05) is 0 Å². The summed E-state index contributed by atoms with van der Waals surface area (Å²) in [6.45, 7) is 4.28. The second kappa shape index (κ2) is 7.13. The summed E-state index contributed by atoms with van der Waals surface area (Å²) in [6.07, 6.45) is 1.21. The molecular weight excluding hydrogens is 426 g/mol. The van der Waals surface area contributed by atoms with E-state index in [1.165, 1.54) is 0 Å². The van der Waals surface area contributed by atoms with E-state index in [9.17, 15) is 15.3 Å². The van der Waals surface area contributed by atoms with Crippen LogP contribution in [0.5, 0.6) is 0 Å². The Balaban J connectivity index is 1.68. The largest absolute Gasteiger partial charge is 0.392 e. The number of fused-ring (bicyclic) bond motifs is 2. The number of hydrogen-bond acceptors (Lipinski definition) is 8. The maximum atomic E-state index is 12.9. The molecule has 0 aromatic carbocycles. The Morgan fingerprint density at radius 3 is 2.42 bits per heavy atom. The number of aliphatic hydroxyl groups is 3. The second-order valence-corrected chi connectivity index (χ2v) is 11.9. The van der Waals surface area contributed by atoms with Crippen LogP contribution in [0.4, 0.5) is 0 Å². The van der Waals surface area contributed by atoms with Gasteiger partial charge in [0.1, 0.15) is 11.2 Å². The molecule has 3 N–H and O–H groups in total. The van der Waals surface area contributed by atoms with Crippen LogP contribution >= 0.6 is 0 Å². The lowest BCUT2D eigenvalue weighted by molar-refractivity contribution is -0.318. The molecule has 0 aromatic heterocycles. The van der Waals surface area contributed by atoms with E-state index < -0.39 is 34.7 Å². The third-order valence-corrected chi connectivity index (χ3v) is 11.5. The Kier molecular flexibility index (Phi) is 4.99. The number of rotatable bonds is 6.